The SMILES string of the molecule is CCC(O)(C#Cc1ccc(C(CC)(CC)c2ccc(CCC(=O)OC)c(C)c2)cc1C)CC. The van der Waals surface area contributed by atoms with Crippen LogP contribution < -0.4 is 0 Å². The minimum absolute atomic E-state index is 0.0874. The normalized spacial score (nSPS) is 11.6. The van der Waals surface area contributed by atoms with E-state index in [2.05, 4.69) is 75.9 Å². The summed E-state index contributed by atoms with van der Waals surface area (Å²) in [5.74, 6) is 6.12. The Kier molecular flexibility index (Phi) is 9.32. The van der Waals surface area contributed by atoms with Crippen LogP contribution in [0.3, 0.4) is 0 Å². The largest absolute Gasteiger partial charge is 0.469 e. The smallest absolute Gasteiger partial charge is 0.305 e. The molecule has 0 spiro atoms. The lowest BCUT2D eigenvalue weighted by Crippen LogP contribution is -2.26. The molecule has 0 amide bonds. The Labute approximate surface area is 200 Å². The van der Waals surface area contributed by atoms with Gasteiger partial charge in [-0.15, -0.1) is 0 Å². The number of ether oxygens (including phenoxy) is 1. The molecule has 0 atom stereocenters. The van der Waals surface area contributed by atoms with Crippen LogP contribution in [0.1, 0.15) is 93.2 Å². The number of benzene rings is 2. The molecular formula is C30H40O3. The van der Waals surface area contributed by atoms with Crippen molar-refractivity contribution >= 4 is 5.97 Å². The second-order valence-corrected chi connectivity index (χ2v) is 9.03. The third-order valence-electron chi connectivity index (χ3n) is 7.31. The second kappa shape index (κ2) is 11.5. The van der Waals surface area contributed by atoms with Gasteiger partial charge in [0.25, 0.3) is 0 Å². The van der Waals surface area contributed by atoms with Gasteiger partial charge in [0.1, 0.15) is 5.60 Å². The Morgan fingerprint density at radius 1 is 0.909 bits per heavy atom. The van der Waals surface area contributed by atoms with Crippen LogP contribution >= 0.6 is 0 Å². The average molecular weight is 449 g/mol. The molecule has 0 aliphatic carbocycles. The van der Waals surface area contributed by atoms with Crippen molar-refractivity contribution in [3.8, 4) is 11.8 Å². The molecule has 0 heterocycles. The van der Waals surface area contributed by atoms with Crippen molar-refractivity contribution in [2.45, 2.75) is 91.1 Å². The fourth-order valence-corrected chi connectivity index (χ4v) is 4.56. The summed E-state index contributed by atoms with van der Waals surface area (Å²) >= 11 is 0. The highest BCUT2D eigenvalue weighted by molar-refractivity contribution is 5.69. The Morgan fingerprint density at radius 3 is 1.97 bits per heavy atom. The van der Waals surface area contributed by atoms with Gasteiger partial charge in [-0.05, 0) is 79.8 Å². The van der Waals surface area contributed by atoms with Gasteiger partial charge in [0.05, 0.1) is 7.11 Å². The first kappa shape index (κ1) is 26.7. The summed E-state index contributed by atoms with van der Waals surface area (Å²) in [6.07, 6.45) is 4.31. The lowest BCUT2D eigenvalue weighted by Gasteiger charge is -2.34. The minimum Gasteiger partial charge on any atom is -0.469 e. The molecule has 3 nitrogen and oxygen atoms in total. The van der Waals surface area contributed by atoms with Crippen molar-refractivity contribution in [1.29, 1.82) is 0 Å². The molecule has 0 saturated heterocycles. The Bertz CT molecular complexity index is 1010. The zero-order valence-electron chi connectivity index (χ0n) is 21.5. The molecule has 33 heavy (non-hydrogen) atoms. The molecule has 2 aromatic rings. The molecule has 2 rings (SSSR count). The van der Waals surface area contributed by atoms with Gasteiger partial charge in [-0.1, -0.05) is 69.9 Å². The zero-order valence-corrected chi connectivity index (χ0v) is 21.5. The van der Waals surface area contributed by atoms with E-state index in [-0.39, 0.29) is 11.4 Å². The molecule has 0 bridgehead atoms. The zero-order chi connectivity index (χ0) is 24.6. The Balaban J connectivity index is 2.43. The molecule has 0 aliphatic rings. The van der Waals surface area contributed by atoms with Gasteiger partial charge >= 0.3 is 5.97 Å². The van der Waals surface area contributed by atoms with Gasteiger partial charge in [-0.25, -0.2) is 0 Å². The first-order valence-electron chi connectivity index (χ1n) is 12.2. The maximum Gasteiger partial charge on any atom is 0.305 e. The van der Waals surface area contributed by atoms with E-state index in [4.69, 9.17) is 4.74 Å². The number of aryl methyl sites for hydroxylation is 3. The number of hydrogen-bond donors (Lipinski definition) is 1. The van der Waals surface area contributed by atoms with Crippen molar-refractivity contribution < 1.29 is 14.6 Å². The van der Waals surface area contributed by atoms with Crippen molar-refractivity contribution in [2.24, 2.45) is 0 Å². The molecular weight excluding hydrogens is 408 g/mol. The predicted octanol–water partition coefficient (Wildman–Crippen LogP) is 6.42. The molecule has 2 aromatic carbocycles. The molecule has 0 aliphatic heterocycles. The van der Waals surface area contributed by atoms with Crippen LogP contribution in [0, 0.1) is 25.7 Å². The Morgan fingerprint density at radius 2 is 1.48 bits per heavy atom. The van der Waals surface area contributed by atoms with Gasteiger partial charge in [-0.3, -0.25) is 4.79 Å². The summed E-state index contributed by atoms with van der Waals surface area (Å²) < 4.78 is 4.79. The van der Waals surface area contributed by atoms with Crippen molar-refractivity contribution in [3.63, 3.8) is 0 Å². The van der Waals surface area contributed by atoms with Gasteiger partial charge < -0.3 is 9.84 Å². The summed E-state index contributed by atoms with van der Waals surface area (Å²) in [6.45, 7) is 12.6. The van der Waals surface area contributed by atoms with E-state index in [9.17, 15) is 9.90 Å². The molecule has 1 N–H and O–H groups in total. The van der Waals surface area contributed by atoms with Crippen molar-refractivity contribution in [2.75, 3.05) is 7.11 Å². The van der Waals surface area contributed by atoms with E-state index in [0.717, 1.165) is 24.0 Å². The van der Waals surface area contributed by atoms with Gasteiger partial charge in [-0.2, -0.15) is 0 Å². The van der Waals surface area contributed by atoms with Crippen molar-refractivity contribution in [3.05, 3.63) is 69.8 Å². The topological polar surface area (TPSA) is 46.5 Å². The average Bonchev–Trinajstić information content (AvgIpc) is 2.83. The van der Waals surface area contributed by atoms with Crippen LogP contribution in [-0.4, -0.2) is 23.8 Å². The molecule has 0 aromatic heterocycles. The van der Waals surface area contributed by atoms with E-state index < -0.39 is 5.60 Å². The summed E-state index contributed by atoms with van der Waals surface area (Å²) in [5.41, 5.74) is 6.08. The fourth-order valence-electron chi connectivity index (χ4n) is 4.56. The van der Waals surface area contributed by atoms with Gasteiger partial charge in [0, 0.05) is 17.4 Å². The van der Waals surface area contributed by atoms with Crippen LogP contribution in [-0.2, 0) is 21.4 Å². The predicted molar refractivity (Wildman–Crippen MR) is 136 cm³/mol. The molecule has 178 valence electrons. The fraction of sp³-hybridized carbons (Fsp3) is 0.500. The Hall–Kier alpha value is -2.57. The van der Waals surface area contributed by atoms with Crippen molar-refractivity contribution in [1.82, 2.24) is 0 Å². The van der Waals surface area contributed by atoms with E-state index in [0.29, 0.717) is 25.7 Å². The van der Waals surface area contributed by atoms with Gasteiger partial charge in [0.15, 0.2) is 0 Å². The van der Waals surface area contributed by atoms with Gasteiger partial charge in [0.2, 0.25) is 0 Å². The summed E-state index contributed by atoms with van der Waals surface area (Å²) in [6, 6.07) is 13.2. The van der Waals surface area contributed by atoms with E-state index in [1.165, 1.54) is 29.4 Å². The highest BCUT2D eigenvalue weighted by Crippen LogP contribution is 2.40. The number of methoxy groups -OCH3 is 1. The second-order valence-electron chi connectivity index (χ2n) is 9.03. The van der Waals surface area contributed by atoms with E-state index in [1.807, 2.05) is 13.8 Å². The number of esters is 1. The standard InChI is InChI=1S/C30H40O3/c1-8-29(32,9-2)19-18-25-13-16-27(21-23(25)6)30(10-3,11-4)26-15-12-24(22(5)20-26)14-17-28(31)33-7/h12-13,15-16,20-21,32H,8-11,14,17H2,1-7H3. The van der Waals surface area contributed by atoms with Crippen LogP contribution in [0.2, 0.25) is 0 Å². The molecule has 3 heteroatoms. The number of aliphatic hydroxyl groups is 1. The number of hydrogen-bond acceptors (Lipinski definition) is 3. The number of carbonyl (C=O) groups is 1. The quantitative estimate of drug-likeness (QED) is 0.356. The number of rotatable bonds is 9. The molecule has 0 unspecified atom stereocenters. The van der Waals surface area contributed by atoms with Crippen LogP contribution in [0.25, 0.3) is 0 Å². The minimum atomic E-state index is -0.922. The molecule has 0 saturated carbocycles. The molecule has 0 fully saturated rings. The first-order chi connectivity index (χ1) is 15.7. The third kappa shape index (κ3) is 6.06. The maximum atomic E-state index is 11.5. The lowest BCUT2D eigenvalue weighted by molar-refractivity contribution is -0.140. The summed E-state index contributed by atoms with van der Waals surface area (Å²) in [4.78, 5) is 11.5. The molecule has 0 radical (unpaired) electrons. The number of carbonyl (C=O) groups excluding carboxylic acids is 1. The van der Waals surface area contributed by atoms with E-state index in [1.54, 1.807) is 0 Å². The van der Waals surface area contributed by atoms with Crippen LogP contribution in [0.15, 0.2) is 36.4 Å². The van der Waals surface area contributed by atoms with Crippen LogP contribution in [0.4, 0.5) is 0 Å². The summed E-state index contributed by atoms with van der Waals surface area (Å²) in [7, 11) is 1.43. The maximum absolute atomic E-state index is 11.5. The highest BCUT2D eigenvalue weighted by Gasteiger charge is 2.31. The monoisotopic (exact) mass is 448 g/mol. The summed E-state index contributed by atoms with van der Waals surface area (Å²) in [5, 5.41) is 10.5. The highest BCUT2D eigenvalue weighted by atomic mass is 16.5. The first-order valence-corrected chi connectivity index (χ1v) is 12.2. The lowest BCUT2D eigenvalue weighted by atomic mass is 9.69. The van der Waals surface area contributed by atoms with Crippen LogP contribution in [0.5, 0.6) is 0 Å². The third-order valence-corrected chi connectivity index (χ3v) is 7.31. The van der Waals surface area contributed by atoms with E-state index >= 15 is 0 Å².